The summed E-state index contributed by atoms with van der Waals surface area (Å²) in [7, 11) is 0. The summed E-state index contributed by atoms with van der Waals surface area (Å²) >= 11 is 0. The predicted molar refractivity (Wildman–Crippen MR) is 61.3 cm³/mol. The first-order valence-corrected chi connectivity index (χ1v) is 6.90. The molecule has 1 N–H and O–H groups in total. The molecule has 2 saturated carbocycles. The van der Waals surface area contributed by atoms with Gasteiger partial charge in [-0.05, 0) is 43.9 Å². The highest BCUT2D eigenvalue weighted by molar-refractivity contribution is 5.12. The Morgan fingerprint density at radius 1 is 1.00 bits per heavy atom. The van der Waals surface area contributed by atoms with Crippen LogP contribution in [0.25, 0.3) is 0 Å². The van der Waals surface area contributed by atoms with Crippen molar-refractivity contribution in [2.24, 2.45) is 5.41 Å². The highest BCUT2D eigenvalue weighted by Gasteiger charge is 2.65. The van der Waals surface area contributed by atoms with Gasteiger partial charge in [0.05, 0.1) is 0 Å². The maximum absolute atomic E-state index is 13.0. The van der Waals surface area contributed by atoms with Crippen LogP contribution in [-0.4, -0.2) is 31.0 Å². The van der Waals surface area contributed by atoms with Crippen LogP contribution in [-0.2, 0) is 4.74 Å². The monoisotopic (exact) mass is 263 g/mol. The summed E-state index contributed by atoms with van der Waals surface area (Å²) in [6, 6.07) is 0.0329. The zero-order chi connectivity index (χ0) is 12.9. The van der Waals surface area contributed by atoms with Gasteiger partial charge in [-0.3, -0.25) is 0 Å². The first-order chi connectivity index (χ1) is 8.48. The van der Waals surface area contributed by atoms with Crippen molar-refractivity contribution in [1.29, 1.82) is 0 Å². The van der Waals surface area contributed by atoms with Crippen LogP contribution in [0.15, 0.2) is 0 Å². The molecule has 1 heterocycles. The molecule has 3 rings (SSSR count). The number of hydrogen-bond donors (Lipinski definition) is 1. The molecule has 0 aromatic rings. The fourth-order valence-electron chi connectivity index (χ4n) is 3.71. The van der Waals surface area contributed by atoms with Crippen molar-refractivity contribution < 1.29 is 17.9 Å². The van der Waals surface area contributed by atoms with Gasteiger partial charge >= 0.3 is 6.18 Å². The Balaban J connectivity index is 1.72. The van der Waals surface area contributed by atoms with E-state index in [0.717, 1.165) is 32.1 Å². The van der Waals surface area contributed by atoms with Gasteiger partial charge in [-0.15, -0.1) is 0 Å². The predicted octanol–water partition coefficient (Wildman–Crippen LogP) is 3.02. The van der Waals surface area contributed by atoms with E-state index in [1.54, 1.807) is 0 Å². The molecule has 1 saturated heterocycles. The number of hydrogen-bond acceptors (Lipinski definition) is 2. The third-order valence-electron chi connectivity index (χ3n) is 5.14. The number of ether oxygens (including phenoxy) is 1. The zero-order valence-electron chi connectivity index (χ0n) is 10.5. The number of halogens is 3. The summed E-state index contributed by atoms with van der Waals surface area (Å²) < 4.78 is 44.4. The maximum Gasteiger partial charge on any atom is 0.406 e. The van der Waals surface area contributed by atoms with Crippen LogP contribution in [0, 0.1) is 5.41 Å². The molecule has 0 amide bonds. The first-order valence-electron chi connectivity index (χ1n) is 6.90. The second kappa shape index (κ2) is 4.10. The van der Waals surface area contributed by atoms with Gasteiger partial charge in [0.2, 0.25) is 0 Å². The molecule has 0 aromatic heterocycles. The van der Waals surface area contributed by atoms with E-state index in [9.17, 15) is 13.2 Å². The number of alkyl halides is 3. The minimum Gasteiger partial charge on any atom is -0.381 e. The smallest absolute Gasteiger partial charge is 0.381 e. The largest absolute Gasteiger partial charge is 0.406 e. The molecular weight excluding hydrogens is 243 g/mol. The Kier molecular flexibility index (Phi) is 2.90. The van der Waals surface area contributed by atoms with E-state index in [0.29, 0.717) is 13.2 Å². The summed E-state index contributed by atoms with van der Waals surface area (Å²) in [6.45, 7) is 1.41. The van der Waals surface area contributed by atoms with Crippen LogP contribution in [0.4, 0.5) is 13.2 Å². The molecule has 18 heavy (non-hydrogen) atoms. The van der Waals surface area contributed by atoms with Crippen LogP contribution in [0.1, 0.15) is 44.9 Å². The van der Waals surface area contributed by atoms with Gasteiger partial charge in [0.15, 0.2) is 0 Å². The van der Waals surface area contributed by atoms with E-state index in [4.69, 9.17) is 4.74 Å². The summed E-state index contributed by atoms with van der Waals surface area (Å²) in [6.07, 6.45) is 1.23. The highest BCUT2D eigenvalue weighted by Crippen LogP contribution is 2.53. The molecule has 1 spiro atoms. The Morgan fingerprint density at radius 3 is 2.22 bits per heavy atom. The fourth-order valence-corrected chi connectivity index (χ4v) is 3.71. The first kappa shape index (κ1) is 12.7. The number of rotatable bonds is 2. The van der Waals surface area contributed by atoms with Crippen molar-refractivity contribution in [3.8, 4) is 0 Å². The van der Waals surface area contributed by atoms with Crippen molar-refractivity contribution in [3.63, 3.8) is 0 Å². The SMILES string of the molecule is FC(F)(F)C1(NC2CCCC23CCOCC3)CC1. The normalized spacial score (nSPS) is 33.8. The molecule has 2 aliphatic carbocycles. The molecule has 5 heteroatoms. The van der Waals surface area contributed by atoms with Crippen molar-refractivity contribution in [2.75, 3.05) is 13.2 Å². The zero-order valence-corrected chi connectivity index (χ0v) is 10.5. The average molecular weight is 263 g/mol. The van der Waals surface area contributed by atoms with E-state index in [1.165, 1.54) is 0 Å². The number of nitrogens with one attached hydrogen (secondary N) is 1. The standard InChI is InChI=1S/C13H20F3NO/c14-13(15,16)12(4-5-12)17-10-2-1-3-11(10)6-8-18-9-7-11/h10,17H,1-9H2. The van der Waals surface area contributed by atoms with Gasteiger partial charge in [0, 0.05) is 19.3 Å². The van der Waals surface area contributed by atoms with E-state index in [1.807, 2.05) is 0 Å². The molecule has 1 aliphatic heterocycles. The van der Waals surface area contributed by atoms with E-state index >= 15 is 0 Å². The topological polar surface area (TPSA) is 21.3 Å². The lowest BCUT2D eigenvalue weighted by Crippen LogP contribution is -2.55. The van der Waals surface area contributed by atoms with Gasteiger partial charge in [0.1, 0.15) is 5.54 Å². The molecule has 0 bridgehead atoms. The Bertz CT molecular complexity index is 319. The van der Waals surface area contributed by atoms with Crippen molar-refractivity contribution in [3.05, 3.63) is 0 Å². The summed E-state index contributed by atoms with van der Waals surface area (Å²) in [5.41, 5.74) is -1.49. The van der Waals surface area contributed by atoms with E-state index < -0.39 is 11.7 Å². The van der Waals surface area contributed by atoms with Crippen LogP contribution < -0.4 is 5.32 Å². The van der Waals surface area contributed by atoms with Crippen molar-refractivity contribution >= 4 is 0 Å². The third kappa shape index (κ3) is 1.95. The molecule has 0 aromatic carbocycles. The average Bonchev–Trinajstić information content (AvgIpc) is 3.01. The van der Waals surface area contributed by atoms with Crippen molar-refractivity contribution in [1.82, 2.24) is 5.32 Å². The quantitative estimate of drug-likeness (QED) is 0.827. The van der Waals surface area contributed by atoms with Crippen LogP contribution in [0.3, 0.4) is 0 Å². The van der Waals surface area contributed by atoms with E-state index in [2.05, 4.69) is 5.32 Å². The molecule has 104 valence electrons. The Hall–Kier alpha value is -0.290. The van der Waals surface area contributed by atoms with Gasteiger partial charge in [0.25, 0.3) is 0 Å². The molecule has 1 atom stereocenters. The van der Waals surface area contributed by atoms with Crippen LogP contribution in [0.2, 0.25) is 0 Å². The fraction of sp³-hybridized carbons (Fsp3) is 1.00. The highest BCUT2D eigenvalue weighted by atomic mass is 19.4. The molecule has 0 radical (unpaired) electrons. The van der Waals surface area contributed by atoms with Crippen LogP contribution >= 0.6 is 0 Å². The second-order valence-electron chi connectivity index (χ2n) is 6.14. The third-order valence-corrected chi connectivity index (χ3v) is 5.14. The van der Waals surface area contributed by atoms with Crippen LogP contribution in [0.5, 0.6) is 0 Å². The van der Waals surface area contributed by atoms with Gasteiger partial charge in [-0.25, -0.2) is 0 Å². The molecule has 3 fully saturated rings. The van der Waals surface area contributed by atoms with Gasteiger partial charge in [-0.1, -0.05) is 6.42 Å². The van der Waals surface area contributed by atoms with E-state index in [-0.39, 0.29) is 24.3 Å². The molecule has 3 aliphatic rings. The molecular formula is C13H20F3NO. The van der Waals surface area contributed by atoms with Gasteiger partial charge < -0.3 is 10.1 Å². The van der Waals surface area contributed by atoms with Gasteiger partial charge in [-0.2, -0.15) is 13.2 Å². The lowest BCUT2D eigenvalue weighted by molar-refractivity contribution is -0.170. The molecule has 2 nitrogen and oxygen atoms in total. The summed E-state index contributed by atoms with van der Waals surface area (Å²) in [5.74, 6) is 0. The minimum atomic E-state index is -4.10. The maximum atomic E-state index is 13.0. The lowest BCUT2D eigenvalue weighted by Gasteiger charge is -2.41. The Morgan fingerprint density at radius 2 is 1.67 bits per heavy atom. The second-order valence-corrected chi connectivity index (χ2v) is 6.14. The molecule has 1 unspecified atom stereocenters. The minimum absolute atomic E-state index is 0.0329. The summed E-state index contributed by atoms with van der Waals surface area (Å²) in [5, 5.41) is 2.99. The Labute approximate surface area is 105 Å². The lowest BCUT2D eigenvalue weighted by atomic mass is 9.75. The van der Waals surface area contributed by atoms with Crippen molar-refractivity contribution in [2.45, 2.75) is 62.7 Å². The summed E-state index contributed by atoms with van der Waals surface area (Å²) in [4.78, 5) is 0.